The molecule has 1 radical (unpaired) electrons. The summed E-state index contributed by atoms with van der Waals surface area (Å²) in [5.41, 5.74) is 1.28. The number of rotatable bonds is 1. The van der Waals surface area contributed by atoms with Gasteiger partial charge in [0.05, 0.1) is 0 Å². The summed E-state index contributed by atoms with van der Waals surface area (Å²) in [5, 5.41) is 0. The van der Waals surface area contributed by atoms with E-state index in [2.05, 4.69) is 19.1 Å². The normalized spacial score (nSPS) is 7.18. The molecule has 0 nitrogen and oxygen atoms in total. The van der Waals surface area contributed by atoms with Crippen molar-refractivity contribution in [2.75, 3.05) is 0 Å². The van der Waals surface area contributed by atoms with Crippen LogP contribution in [0.15, 0.2) is 24.3 Å². The summed E-state index contributed by atoms with van der Waals surface area (Å²) >= 11 is 0. The molecule has 0 heterocycles. The molecular formula is C10H15Y-. The van der Waals surface area contributed by atoms with Crippen LogP contribution in [0.3, 0.4) is 0 Å². The van der Waals surface area contributed by atoms with Crippen molar-refractivity contribution in [1.29, 1.82) is 0 Å². The maximum Gasteiger partial charge on any atom is 0 e. The first-order valence-corrected chi connectivity index (χ1v) is 3.89. The molecule has 0 spiro atoms. The van der Waals surface area contributed by atoms with Crippen LogP contribution in [0, 0.1) is 6.07 Å². The first kappa shape index (κ1) is 13.9. The van der Waals surface area contributed by atoms with Crippen LogP contribution in [0.1, 0.15) is 26.3 Å². The van der Waals surface area contributed by atoms with E-state index in [1.54, 1.807) is 0 Å². The Kier molecular flexibility index (Phi) is 13.0. The van der Waals surface area contributed by atoms with E-state index >= 15 is 0 Å². The maximum atomic E-state index is 3.12. The molecule has 11 heavy (non-hydrogen) atoms. The Morgan fingerprint density at radius 1 is 1.27 bits per heavy atom. The van der Waals surface area contributed by atoms with Gasteiger partial charge in [-0.2, -0.15) is 35.9 Å². The molecule has 1 aromatic carbocycles. The predicted molar refractivity (Wildman–Crippen MR) is 46.0 cm³/mol. The van der Waals surface area contributed by atoms with Crippen LogP contribution in [0.4, 0.5) is 0 Å². The minimum Gasteiger partial charge on any atom is -0.180 e. The van der Waals surface area contributed by atoms with Crippen LogP contribution in [-0.4, -0.2) is 0 Å². The van der Waals surface area contributed by atoms with Crippen molar-refractivity contribution in [3.05, 3.63) is 35.9 Å². The second-order valence-corrected chi connectivity index (χ2v) is 1.74. The Morgan fingerprint density at radius 2 is 1.91 bits per heavy atom. The Morgan fingerprint density at radius 3 is 2.18 bits per heavy atom. The number of hydrogen-bond donors (Lipinski definition) is 0. The summed E-state index contributed by atoms with van der Waals surface area (Å²) in [5.74, 6) is 0. The second kappa shape index (κ2) is 10.3. The van der Waals surface area contributed by atoms with Crippen molar-refractivity contribution in [1.82, 2.24) is 0 Å². The summed E-state index contributed by atoms with van der Waals surface area (Å²) in [6.07, 6.45) is 1.08. The third kappa shape index (κ3) is 6.71. The van der Waals surface area contributed by atoms with Crippen molar-refractivity contribution in [2.45, 2.75) is 27.2 Å². The first-order valence-electron chi connectivity index (χ1n) is 3.89. The molecule has 0 aliphatic heterocycles. The molecular weight excluding hydrogens is 209 g/mol. The van der Waals surface area contributed by atoms with Gasteiger partial charge in [-0.3, -0.25) is 0 Å². The number of aryl methyl sites for hydroxylation is 1. The van der Waals surface area contributed by atoms with Gasteiger partial charge in [0.1, 0.15) is 0 Å². The van der Waals surface area contributed by atoms with Crippen molar-refractivity contribution >= 4 is 0 Å². The van der Waals surface area contributed by atoms with Gasteiger partial charge in [-0.25, -0.2) is 0 Å². The van der Waals surface area contributed by atoms with Crippen LogP contribution < -0.4 is 0 Å². The van der Waals surface area contributed by atoms with E-state index in [1.165, 1.54) is 5.56 Å². The van der Waals surface area contributed by atoms with Crippen molar-refractivity contribution in [2.24, 2.45) is 0 Å². The third-order valence-corrected chi connectivity index (χ3v) is 1.15. The zero-order valence-corrected chi connectivity index (χ0v) is 10.4. The van der Waals surface area contributed by atoms with Gasteiger partial charge in [-0.05, 0) is 0 Å². The molecule has 0 aliphatic rings. The Labute approximate surface area is 95.3 Å². The minimum absolute atomic E-state index is 0. The molecule has 0 bridgehead atoms. The molecule has 0 amide bonds. The number of benzene rings is 1. The van der Waals surface area contributed by atoms with Crippen LogP contribution in [0.25, 0.3) is 0 Å². The van der Waals surface area contributed by atoms with Gasteiger partial charge < -0.3 is 0 Å². The Balaban J connectivity index is 0. The van der Waals surface area contributed by atoms with Crippen molar-refractivity contribution < 1.29 is 32.7 Å². The van der Waals surface area contributed by atoms with Gasteiger partial charge in [0.2, 0.25) is 0 Å². The van der Waals surface area contributed by atoms with E-state index in [9.17, 15) is 0 Å². The average Bonchev–Trinajstić information content (AvgIpc) is 2.10. The quantitative estimate of drug-likeness (QED) is 0.643. The van der Waals surface area contributed by atoms with E-state index in [1.807, 2.05) is 32.0 Å². The zero-order valence-electron chi connectivity index (χ0n) is 7.59. The fourth-order valence-electron chi connectivity index (χ4n) is 0.650. The van der Waals surface area contributed by atoms with E-state index in [0.29, 0.717) is 0 Å². The monoisotopic (exact) mass is 224 g/mol. The first-order chi connectivity index (χ1) is 4.93. The van der Waals surface area contributed by atoms with E-state index < -0.39 is 0 Å². The number of hydrogen-bond acceptors (Lipinski definition) is 0. The fourth-order valence-corrected chi connectivity index (χ4v) is 0.650. The average molecular weight is 224 g/mol. The molecule has 0 aliphatic carbocycles. The van der Waals surface area contributed by atoms with Crippen LogP contribution in [0.5, 0.6) is 0 Å². The summed E-state index contributed by atoms with van der Waals surface area (Å²) in [6.45, 7) is 6.13. The summed E-state index contributed by atoms with van der Waals surface area (Å²) in [6, 6.07) is 11.2. The summed E-state index contributed by atoms with van der Waals surface area (Å²) in [4.78, 5) is 0. The van der Waals surface area contributed by atoms with Gasteiger partial charge in [0.25, 0.3) is 0 Å². The second-order valence-electron chi connectivity index (χ2n) is 1.74. The molecule has 0 unspecified atom stereocenters. The molecule has 1 rings (SSSR count). The van der Waals surface area contributed by atoms with Crippen LogP contribution in [0.2, 0.25) is 0 Å². The van der Waals surface area contributed by atoms with Crippen molar-refractivity contribution in [3.8, 4) is 0 Å². The van der Waals surface area contributed by atoms with Gasteiger partial charge >= 0.3 is 0 Å². The molecule has 0 aromatic heterocycles. The standard InChI is InChI=1S/C8H9.C2H6.Y/c1-2-8-6-4-3-5-7-8;1-2;/h3-6H,2H2,1H3;1-2H3;/q-1;;. The molecule has 59 valence electrons. The minimum atomic E-state index is 0. The Hall–Kier alpha value is 0.324. The molecule has 1 heteroatoms. The molecule has 0 saturated carbocycles. The topological polar surface area (TPSA) is 0 Å². The predicted octanol–water partition coefficient (Wildman–Crippen LogP) is 3.07. The van der Waals surface area contributed by atoms with Gasteiger partial charge in [-0.1, -0.05) is 27.2 Å². The van der Waals surface area contributed by atoms with Crippen LogP contribution >= 0.6 is 0 Å². The Bertz CT molecular complexity index is 146. The smallest absolute Gasteiger partial charge is 0 e. The summed E-state index contributed by atoms with van der Waals surface area (Å²) in [7, 11) is 0. The molecule has 0 fully saturated rings. The molecule has 0 saturated heterocycles. The maximum absolute atomic E-state index is 3.12. The van der Waals surface area contributed by atoms with Gasteiger partial charge in [0, 0.05) is 32.7 Å². The summed E-state index contributed by atoms with van der Waals surface area (Å²) < 4.78 is 0. The van der Waals surface area contributed by atoms with E-state index in [-0.39, 0.29) is 32.7 Å². The van der Waals surface area contributed by atoms with E-state index in [0.717, 1.165) is 6.42 Å². The molecule has 0 N–H and O–H groups in total. The van der Waals surface area contributed by atoms with Gasteiger partial charge in [0.15, 0.2) is 0 Å². The largest absolute Gasteiger partial charge is 0.180 e. The molecule has 1 aromatic rings. The zero-order chi connectivity index (χ0) is 7.82. The molecule has 0 atom stereocenters. The SMILES string of the molecule is CC.CCc1[c-]cccc1.[Y]. The van der Waals surface area contributed by atoms with Gasteiger partial charge in [-0.15, -0.1) is 0 Å². The fraction of sp³-hybridized carbons (Fsp3) is 0.400. The van der Waals surface area contributed by atoms with Crippen molar-refractivity contribution in [3.63, 3.8) is 0 Å². The van der Waals surface area contributed by atoms with E-state index in [4.69, 9.17) is 0 Å². The van der Waals surface area contributed by atoms with Crippen LogP contribution in [-0.2, 0) is 39.1 Å². The third-order valence-electron chi connectivity index (χ3n) is 1.15.